The highest BCUT2D eigenvalue weighted by molar-refractivity contribution is 14.1. The van der Waals surface area contributed by atoms with Crippen molar-refractivity contribution in [1.82, 2.24) is 0 Å². The summed E-state index contributed by atoms with van der Waals surface area (Å²) in [5.74, 6) is 0.197. The van der Waals surface area contributed by atoms with Crippen molar-refractivity contribution in [2.75, 3.05) is 10.6 Å². The number of fused-ring (bicyclic) bond motifs is 2. The first kappa shape index (κ1) is 14.1. The van der Waals surface area contributed by atoms with Crippen molar-refractivity contribution >= 4 is 45.8 Å². The van der Waals surface area contributed by atoms with Crippen LogP contribution in [0.2, 0.25) is 0 Å². The second kappa shape index (κ2) is 5.85. The number of nitrogens with one attached hydrogen (secondary N) is 2. The molecule has 2 aliphatic heterocycles. The minimum Gasteiger partial charge on any atom is -0.326 e. The van der Waals surface area contributed by atoms with Gasteiger partial charge in [-0.2, -0.15) is 0 Å². The number of hydrogen-bond donors (Lipinski definition) is 2. The van der Waals surface area contributed by atoms with Gasteiger partial charge in [-0.3, -0.25) is 9.59 Å². The number of carbonyl (C=O) groups is 2. The SMILES string of the molecule is O=C1Cc2cc(I)ccc2N1.O=C1Cc2ccccc2N1. The Morgan fingerprint density at radius 3 is 2.14 bits per heavy atom. The van der Waals surface area contributed by atoms with E-state index in [1.54, 1.807) is 0 Å². The summed E-state index contributed by atoms with van der Waals surface area (Å²) < 4.78 is 1.18. The fourth-order valence-electron chi connectivity index (χ4n) is 2.36. The Morgan fingerprint density at radius 1 is 0.810 bits per heavy atom. The highest BCUT2D eigenvalue weighted by atomic mass is 127. The molecule has 4 nitrogen and oxygen atoms in total. The highest BCUT2D eigenvalue weighted by Gasteiger charge is 2.16. The van der Waals surface area contributed by atoms with Crippen LogP contribution in [0.5, 0.6) is 0 Å². The van der Waals surface area contributed by atoms with Crippen molar-refractivity contribution in [2.24, 2.45) is 0 Å². The molecule has 0 fully saturated rings. The van der Waals surface area contributed by atoms with Crippen LogP contribution in [-0.2, 0) is 22.4 Å². The molecule has 2 aromatic carbocycles. The fraction of sp³-hybridized carbons (Fsp3) is 0.125. The van der Waals surface area contributed by atoms with Crippen LogP contribution in [0.15, 0.2) is 42.5 Å². The third kappa shape index (κ3) is 3.24. The van der Waals surface area contributed by atoms with Gasteiger partial charge in [0.2, 0.25) is 11.8 Å². The van der Waals surface area contributed by atoms with Crippen LogP contribution < -0.4 is 10.6 Å². The minimum atomic E-state index is 0.0983. The lowest BCUT2D eigenvalue weighted by Gasteiger charge is -1.96. The zero-order chi connectivity index (χ0) is 14.8. The average Bonchev–Trinajstić information content (AvgIpc) is 2.99. The first-order chi connectivity index (χ1) is 10.1. The quantitative estimate of drug-likeness (QED) is 0.678. The molecule has 2 N–H and O–H groups in total. The molecule has 0 atom stereocenters. The van der Waals surface area contributed by atoms with Crippen molar-refractivity contribution in [3.63, 3.8) is 0 Å². The molecule has 21 heavy (non-hydrogen) atoms. The number of anilines is 2. The van der Waals surface area contributed by atoms with Crippen LogP contribution in [0.1, 0.15) is 11.1 Å². The summed E-state index contributed by atoms with van der Waals surface area (Å²) in [6.07, 6.45) is 1.07. The molecule has 0 aromatic heterocycles. The van der Waals surface area contributed by atoms with Gasteiger partial charge in [0.1, 0.15) is 0 Å². The Bertz CT molecular complexity index is 701. The number of halogens is 1. The standard InChI is InChI=1S/C8H6INO.C8H7NO/c9-6-1-2-7-5(3-6)4-8(11)10-7;10-8-5-6-3-1-2-4-7(6)9-8/h1-3H,4H2,(H,10,11);1-4H,5H2,(H,9,10). The normalized spacial score (nSPS) is 14.5. The van der Waals surface area contributed by atoms with E-state index < -0.39 is 0 Å². The van der Waals surface area contributed by atoms with Crippen LogP contribution in [0.4, 0.5) is 11.4 Å². The molecule has 0 aliphatic carbocycles. The number of carbonyl (C=O) groups excluding carboxylic acids is 2. The minimum absolute atomic E-state index is 0.0983. The molecule has 0 unspecified atom stereocenters. The molecule has 5 heteroatoms. The lowest BCUT2D eigenvalue weighted by Crippen LogP contribution is -2.03. The largest absolute Gasteiger partial charge is 0.326 e. The molecule has 0 spiro atoms. The molecule has 2 aliphatic rings. The van der Waals surface area contributed by atoms with E-state index in [-0.39, 0.29) is 11.8 Å². The Balaban J connectivity index is 0.000000126. The highest BCUT2D eigenvalue weighted by Crippen LogP contribution is 2.24. The molecule has 0 saturated heterocycles. The maximum atomic E-state index is 10.9. The van der Waals surface area contributed by atoms with Gasteiger partial charge in [0.15, 0.2) is 0 Å². The molecular weight excluding hydrogens is 379 g/mol. The molecule has 4 rings (SSSR count). The predicted octanol–water partition coefficient (Wildman–Crippen LogP) is 2.97. The maximum absolute atomic E-state index is 10.9. The Labute approximate surface area is 136 Å². The van der Waals surface area contributed by atoms with Crippen LogP contribution in [0, 0.1) is 3.57 Å². The molecule has 0 bridgehead atoms. The van der Waals surface area contributed by atoms with Gasteiger partial charge in [0, 0.05) is 14.9 Å². The number of benzene rings is 2. The van der Waals surface area contributed by atoms with Crippen molar-refractivity contribution in [3.05, 3.63) is 57.2 Å². The zero-order valence-electron chi connectivity index (χ0n) is 11.2. The molecule has 106 valence electrons. The van der Waals surface area contributed by atoms with Crippen molar-refractivity contribution in [1.29, 1.82) is 0 Å². The first-order valence-corrected chi connectivity index (χ1v) is 7.66. The number of para-hydroxylation sites is 1. The lowest BCUT2D eigenvalue weighted by molar-refractivity contribution is -0.115. The summed E-state index contributed by atoms with van der Waals surface area (Å²) in [5.41, 5.74) is 4.15. The lowest BCUT2D eigenvalue weighted by atomic mass is 10.2. The van der Waals surface area contributed by atoms with Gasteiger partial charge in [-0.1, -0.05) is 18.2 Å². The van der Waals surface area contributed by atoms with Crippen molar-refractivity contribution in [2.45, 2.75) is 12.8 Å². The Morgan fingerprint density at radius 2 is 1.43 bits per heavy atom. The summed E-state index contributed by atoms with van der Waals surface area (Å²) >= 11 is 2.24. The van der Waals surface area contributed by atoms with E-state index in [2.05, 4.69) is 33.2 Å². The first-order valence-electron chi connectivity index (χ1n) is 6.58. The average molecular weight is 392 g/mol. The van der Waals surface area contributed by atoms with E-state index in [4.69, 9.17) is 0 Å². The maximum Gasteiger partial charge on any atom is 0.228 e. The van der Waals surface area contributed by atoms with Gasteiger partial charge in [-0.15, -0.1) is 0 Å². The summed E-state index contributed by atoms with van der Waals surface area (Å²) in [7, 11) is 0. The van der Waals surface area contributed by atoms with Gasteiger partial charge in [-0.25, -0.2) is 0 Å². The van der Waals surface area contributed by atoms with Gasteiger partial charge in [0.05, 0.1) is 12.8 Å². The van der Waals surface area contributed by atoms with Gasteiger partial charge < -0.3 is 10.6 Å². The molecule has 0 radical (unpaired) electrons. The van der Waals surface area contributed by atoms with Gasteiger partial charge >= 0.3 is 0 Å². The molecule has 2 aromatic rings. The van der Waals surface area contributed by atoms with Crippen LogP contribution >= 0.6 is 22.6 Å². The molecular formula is C16H13IN2O2. The van der Waals surface area contributed by atoms with E-state index >= 15 is 0 Å². The second-order valence-electron chi connectivity index (χ2n) is 4.91. The summed E-state index contributed by atoms with van der Waals surface area (Å²) in [6, 6.07) is 13.7. The third-order valence-corrected chi connectivity index (χ3v) is 4.01. The smallest absolute Gasteiger partial charge is 0.228 e. The monoisotopic (exact) mass is 392 g/mol. The molecule has 2 heterocycles. The predicted molar refractivity (Wildman–Crippen MR) is 90.3 cm³/mol. The third-order valence-electron chi connectivity index (χ3n) is 3.33. The van der Waals surface area contributed by atoms with Crippen LogP contribution in [0.3, 0.4) is 0 Å². The Hall–Kier alpha value is -1.89. The Kier molecular flexibility index (Phi) is 3.92. The fourth-order valence-corrected chi connectivity index (χ4v) is 2.92. The topological polar surface area (TPSA) is 58.2 Å². The number of hydrogen-bond acceptors (Lipinski definition) is 2. The van der Waals surface area contributed by atoms with E-state index in [0.717, 1.165) is 22.5 Å². The van der Waals surface area contributed by atoms with Crippen molar-refractivity contribution in [3.8, 4) is 0 Å². The molecule has 0 saturated carbocycles. The van der Waals surface area contributed by atoms with E-state index in [0.29, 0.717) is 12.8 Å². The zero-order valence-corrected chi connectivity index (χ0v) is 13.3. The number of rotatable bonds is 0. The second-order valence-corrected chi connectivity index (χ2v) is 6.15. The molecule has 2 amide bonds. The van der Waals surface area contributed by atoms with E-state index in [1.165, 1.54) is 3.57 Å². The van der Waals surface area contributed by atoms with Crippen LogP contribution in [-0.4, -0.2) is 11.8 Å². The summed E-state index contributed by atoms with van der Waals surface area (Å²) in [4.78, 5) is 21.7. The summed E-state index contributed by atoms with van der Waals surface area (Å²) in [5, 5.41) is 5.54. The van der Waals surface area contributed by atoms with Gasteiger partial charge in [0.25, 0.3) is 0 Å². The van der Waals surface area contributed by atoms with Crippen LogP contribution in [0.25, 0.3) is 0 Å². The number of amides is 2. The summed E-state index contributed by atoms with van der Waals surface area (Å²) in [6.45, 7) is 0. The van der Waals surface area contributed by atoms with E-state index in [9.17, 15) is 9.59 Å². The van der Waals surface area contributed by atoms with Gasteiger partial charge in [-0.05, 0) is 58.0 Å². The van der Waals surface area contributed by atoms with Crippen molar-refractivity contribution < 1.29 is 9.59 Å². The van der Waals surface area contributed by atoms with E-state index in [1.807, 2.05) is 42.5 Å².